The average Bonchev–Trinajstić information content (AvgIpc) is 3.58. The van der Waals surface area contributed by atoms with E-state index in [0.717, 1.165) is 70.2 Å². The highest BCUT2D eigenvalue weighted by atomic mass is 32.2. The molecule has 0 saturated carbocycles. The summed E-state index contributed by atoms with van der Waals surface area (Å²) in [4.78, 5) is 24.7. The molecule has 3 N–H and O–H groups in total. The summed E-state index contributed by atoms with van der Waals surface area (Å²) in [6, 6.07) is 17.2. The van der Waals surface area contributed by atoms with Crippen molar-refractivity contribution < 1.29 is 31.1 Å². The Labute approximate surface area is 314 Å². The molecular formula is C38H47F3N8O4S. The molecule has 4 bridgehead atoms. The molecule has 290 valence electrons. The number of hydrogen-bond acceptors (Lipinski definition) is 9. The molecule has 1 fully saturated rings. The minimum atomic E-state index is -4.46. The summed E-state index contributed by atoms with van der Waals surface area (Å²) in [6.45, 7) is 7.65. The second-order valence-corrected chi connectivity index (χ2v) is 16.9. The Kier molecular flexibility index (Phi) is 11.2. The van der Waals surface area contributed by atoms with Gasteiger partial charge in [0.1, 0.15) is 18.2 Å². The SMILES string of the molecule is CC(C)(CN1CCCCCCc2ccccc2-c2nc(ccc2-n2ccc(OCC(C)(C)C(F)(F)F)n2)NS(=O)(=O)c2cccc1n2)C(=O)NC1CNC1. The molecule has 0 atom stereocenters. The number of nitrogens with zero attached hydrogens (tertiary/aromatic N) is 5. The van der Waals surface area contributed by atoms with Crippen molar-refractivity contribution >= 4 is 27.6 Å². The van der Waals surface area contributed by atoms with Gasteiger partial charge in [0.05, 0.1) is 28.3 Å². The first kappa shape index (κ1) is 39.0. The van der Waals surface area contributed by atoms with Crippen LogP contribution in [0, 0.1) is 10.8 Å². The quantitative estimate of drug-likeness (QED) is 0.193. The predicted molar refractivity (Wildman–Crippen MR) is 200 cm³/mol. The van der Waals surface area contributed by atoms with Crippen molar-refractivity contribution in [3.8, 4) is 22.8 Å². The first-order valence-electron chi connectivity index (χ1n) is 18.1. The molecule has 5 heterocycles. The Morgan fingerprint density at radius 1 is 0.944 bits per heavy atom. The van der Waals surface area contributed by atoms with Gasteiger partial charge in [0.15, 0.2) is 5.03 Å². The number of carbonyl (C=O) groups excluding carboxylic acids is 1. The molecule has 1 saturated heterocycles. The summed E-state index contributed by atoms with van der Waals surface area (Å²) >= 11 is 0. The van der Waals surface area contributed by atoms with Gasteiger partial charge in [0.2, 0.25) is 11.8 Å². The standard InChI is InChI=1S/C38H47F3N8O4S/c1-36(2,35(50)43-27-22-42-23-27)24-48-20-10-6-5-7-12-26-13-8-9-14-28(26)34-29(49-21-19-32(46-49)53-25-37(3,4)38(39,40)41)17-18-30(44-34)47-54(51,52)33-16-11-15-31(48)45-33/h8-9,11,13-19,21,27,42H,5-7,10,12,20,22-25H2,1-4H3,(H,43,50)(H,44,47). The van der Waals surface area contributed by atoms with Crippen molar-refractivity contribution in [1.82, 2.24) is 30.4 Å². The van der Waals surface area contributed by atoms with E-state index >= 15 is 0 Å². The largest absolute Gasteiger partial charge is 0.476 e. The van der Waals surface area contributed by atoms with Crippen LogP contribution in [-0.4, -0.2) is 79.1 Å². The van der Waals surface area contributed by atoms with E-state index in [4.69, 9.17) is 9.72 Å². The zero-order valence-corrected chi connectivity index (χ0v) is 31.7. The molecule has 54 heavy (non-hydrogen) atoms. The Balaban J connectivity index is 1.33. The Bertz CT molecular complexity index is 2060. The fraction of sp³-hybridized carbons (Fsp3) is 0.474. The zero-order valence-electron chi connectivity index (χ0n) is 30.9. The van der Waals surface area contributed by atoms with Gasteiger partial charge in [0.25, 0.3) is 10.0 Å². The Morgan fingerprint density at radius 2 is 1.70 bits per heavy atom. The highest BCUT2D eigenvalue weighted by molar-refractivity contribution is 7.92. The second-order valence-electron chi connectivity index (χ2n) is 15.2. The molecule has 6 rings (SSSR count). The number of pyridine rings is 2. The summed E-state index contributed by atoms with van der Waals surface area (Å²) in [5, 5.41) is 10.5. The van der Waals surface area contributed by atoms with Crippen LogP contribution in [0.5, 0.6) is 5.88 Å². The molecule has 1 aromatic carbocycles. The van der Waals surface area contributed by atoms with E-state index in [1.54, 1.807) is 24.4 Å². The van der Waals surface area contributed by atoms with Crippen LogP contribution in [0.3, 0.4) is 0 Å². The topological polar surface area (TPSA) is 143 Å². The van der Waals surface area contributed by atoms with Gasteiger partial charge in [-0.05, 0) is 76.8 Å². The van der Waals surface area contributed by atoms with E-state index in [1.807, 2.05) is 43.0 Å². The Hall–Kier alpha value is -4.70. The van der Waals surface area contributed by atoms with E-state index < -0.39 is 33.6 Å². The van der Waals surface area contributed by atoms with Gasteiger partial charge in [-0.1, -0.05) is 43.2 Å². The maximum absolute atomic E-state index is 13.9. The normalized spacial score (nSPS) is 17.1. The third kappa shape index (κ3) is 8.97. The maximum Gasteiger partial charge on any atom is 0.397 e. The molecular weight excluding hydrogens is 722 g/mol. The van der Waals surface area contributed by atoms with Crippen LogP contribution in [0.25, 0.3) is 16.9 Å². The van der Waals surface area contributed by atoms with E-state index in [0.29, 0.717) is 30.3 Å². The molecule has 0 aliphatic carbocycles. The van der Waals surface area contributed by atoms with Crippen LogP contribution in [-0.2, 0) is 21.2 Å². The van der Waals surface area contributed by atoms with Gasteiger partial charge in [-0.3, -0.25) is 9.52 Å². The third-order valence-electron chi connectivity index (χ3n) is 9.79. The zero-order chi connectivity index (χ0) is 38.7. The molecule has 4 aromatic rings. The maximum atomic E-state index is 13.9. The van der Waals surface area contributed by atoms with E-state index in [-0.39, 0.29) is 28.7 Å². The number of nitrogens with one attached hydrogen (secondary N) is 3. The van der Waals surface area contributed by atoms with Crippen LogP contribution < -0.4 is 25.0 Å². The van der Waals surface area contributed by atoms with Crippen molar-refractivity contribution in [2.75, 3.05) is 42.4 Å². The summed E-state index contributed by atoms with van der Waals surface area (Å²) in [7, 11) is -4.24. The van der Waals surface area contributed by atoms with Crippen LogP contribution in [0.1, 0.15) is 58.9 Å². The summed E-state index contributed by atoms with van der Waals surface area (Å²) in [5.74, 6) is 0.411. The van der Waals surface area contributed by atoms with Gasteiger partial charge >= 0.3 is 6.18 Å². The van der Waals surface area contributed by atoms with Crippen LogP contribution >= 0.6 is 0 Å². The van der Waals surface area contributed by atoms with Crippen molar-refractivity contribution in [1.29, 1.82) is 0 Å². The molecule has 2 aliphatic heterocycles. The molecule has 2 aliphatic rings. The van der Waals surface area contributed by atoms with E-state index in [2.05, 4.69) is 25.4 Å². The lowest BCUT2D eigenvalue weighted by Gasteiger charge is -2.36. The lowest BCUT2D eigenvalue weighted by molar-refractivity contribution is -0.219. The number of amides is 1. The molecule has 0 unspecified atom stereocenters. The number of anilines is 2. The number of carbonyl (C=O) groups is 1. The van der Waals surface area contributed by atoms with Crippen LogP contribution in [0.4, 0.5) is 24.8 Å². The van der Waals surface area contributed by atoms with Gasteiger partial charge in [0, 0.05) is 44.0 Å². The lowest BCUT2D eigenvalue weighted by Crippen LogP contribution is -2.60. The number of hydrogen-bond donors (Lipinski definition) is 3. The molecule has 0 spiro atoms. The monoisotopic (exact) mass is 768 g/mol. The van der Waals surface area contributed by atoms with Gasteiger partial charge in [-0.15, -0.1) is 5.10 Å². The predicted octanol–water partition coefficient (Wildman–Crippen LogP) is 6.13. The number of aromatic nitrogens is 4. The molecule has 3 aromatic heterocycles. The number of alkyl halides is 3. The minimum absolute atomic E-state index is 0.00143. The lowest BCUT2D eigenvalue weighted by atomic mass is 9.90. The van der Waals surface area contributed by atoms with Crippen molar-refractivity contribution in [2.24, 2.45) is 10.8 Å². The summed E-state index contributed by atoms with van der Waals surface area (Å²) < 4.78 is 77.7. The molecule has 12 nitrogen and oxygen atoms in total. The summed E-state index contributed by atoms with van der Waals surface area (Å²) in [6.07, 6.45) is 1.34. The number of aryl methyl sites for hydroxylation is 1. The van der Waals surface area contributed by atoms with E-state index in [9.17, 15) is 26.4 Å². The van der Waals surface area contributed by atoms with Gasteiger partial charge in [-0.2, -0.15) is 21.6 Å². The van der Waals surface area contributed by atoms with Gasteiger partial charge in [-0.25, -0.2) is 14.6 Å². The van der Waals surface area contributed by atoms with Gasteiger partial charge < -0.3 is 20.3 Å². The second kappa shape index (κ2) is 15.6. The molecule has 0 radical (unpaired) electrons. The molecule has 16 heteroatoms. The minimum Gasteiger partial charge on any atom is -0.476 e. The summed E-state index contributed by atoms with van der Waals surface area (Å²) in [5.41, 5.74) is -0.214. The number of fused-ring (bicyclic) bond motifs is 6. The fourth-order valence-corrected chi connectivity index (χ4v) is 7.17. The first-order valence-corrected chi connectivity index (χ1v) is 19.6. The van der Waals surface area contributed by atoms with Crippen LogP contribution in [0.2, 0.25) is 0 Å². The highest BCUT2D eigenvalue weighted by Gasteiger charge is 2.48. The Morgan fingerprint density at radius 3 is 2.44 bits per heavy atom. The van der Waals surface area contributed by atoms with Crippen molar-refractivity contribution in [3.63, 3.8) is 0 Å². The average molecular weight is 769 g/mol. The number of benzene rings is 1. The number of ether oxygens (including phenoxy) is 1. The molecule has 1 amide bonds. The third-order valence-corrected chi connectivity index (χ3v) is 11.1. The number of halogens is 3. The van der Waals surface area contributed by atoms with Crippen molar-refractivity contribution in [2.45, 2.75) is 77.0 Å². The number of sulfonamides is 1. The first-order chi connectivity index (χ1) is 25.5. The van der Waals surface area contributed by atoms with Crippen molar-refractivity contribution in [3.05, 3.63) is 72.4 Å². The van der Waals surface area contributed by atoms with E-state index in [1.165, 1.54) is 22.9 Å². The van der Waals surface area contributed by atoms with Crippen LogP contribution in [0.15, 0.2) is 71.9 Å². The number of rotatable bonds is 8. The fourth-order valence-electron chi connectivity index (χ4n) is 6.20. The smallest absolute Gasteiger partial charge is 0.397 e. The highest BCUT2D eigenvalue weighted by Crippen LogP contribution is 2.38.